The normalized spacial score (nSPS) is 11.6. The molecule has 1 heterocycles. The van der Waals surface area contributed by atoms with E-state index in [1.54, 1.807) is 19.1 Å². The Labute approximate surface area is 139 Å². The van der Waals surface area contributed by atoms with E-state index in [4.69, 9.17) is 10.00 Å². The van der Waals surface area contributed by atoms with Crippen LogP contribution in [0.1, 0.15) is 34.2 Å². The van der Waals surface area contributed by atoms with Crippen molar-refractivity contribution < 1.29 is 9.53 Å². The first-order valence-corrected chi connectivity index (χ1v) is 8.11. The molecule has 0 fully saturated rings. The summed E-state index contributed by atoms with van der Waals surface area (Å²) in [5.74, 6) is 0.0614. The molecule has 0 spiro atoms. The van der Waals surface area contributed by atoms with E-state index in [2.05, 4.69) is 9.97 Å². The SMILES string of the molecule is Cc1cc(C)nc(SCc2ccccc2C(=O)O[C@H](C)C#N)n1. The molecule has 0 aliphatic heterocycles. The van der Waals surface area contributed by atoms with Gasteiger partial charge in [-0.05, 0) is 38.5 Å². The lowest BCUT2D eigenvalue weighted by Crippen LogP contribution is -2.14. The zero-order valence-corrected chi connectivity index (χ0v) is 14.1. The van der Waals surface area contributed by atoms with Crippen molar-refractivity contribution in [3.05, 3.63) is 52.8 Å². The first kappa shape index (κ1) is 17.0. The van der Waals surface area contributed by atoms with Crippen molar-refractivity contribution in [1.29, 1.82) is 5.26 Å². The molecule has 0 N–H and O–H groups in total. The van der Waals surface area contributed by atoms with E-state index in [9.17, 15) is 4.79 Å². The van der Waals surface area contributed by atoms with Crippen LogP contribution >= 0.6 is 11.8 Å². The third-order valence-electron chi connectivity index (χ3n) is 3.02. The van der Waals surface area contributed by atoms with Crippen LogP contribution < -0.4 is 0 Å². The number of aryl methyl sites for hydroxylation is 2. The van der Waals surface area contributed by atoms with Crippen LogP contribution in [0.4, 0.5) is 0 Å². The number of ether oxygens (including phenoxy) is 1. The molecule has 2 rings (SSSR count). The zero-order valence-electron chi connectivity index (χ0n) is 13.2. The molecule has 0 bridgehead atoms. The van der Waals surface area contributed by atoms with Crippen LogP contribution in [-0.2, 0) is 10.5 Å². The Morgan fingerprint density at radius 2 is 1.96 bits per heavy atom. The third kappa shape index (κ3) is 4.80. The molecule has 2 aromatic rings. The molecular formula is C17H17N3O2S. The third-order valence-corrected chi connectivity index (χ3v) is 3.92. The van der Waals surface area contributed by atoms with Crippen LogP contribution in [0.2, 0.25) is 0 Å². The highest BCUT2D eigenvalue weighted by atomic mass is 32.2. The van der Waals surface area contributed by atoms with E-state index in [-0.39, 0.29) is 0 Å². The highest BCUT2D eigenvalue weighted by Gasteiger charge is 2.15. The van der Waals surface area contributed by atoms with Gasteiger partial charge in [-0.2, -0.15) is 5.26 Å². The number of nitriles is 1. The van der Waals surface area contributed by atoms with E-state index in [0.29, 0.717) is 16.5 Å². The first-order valence-electron chi connectivity index (χ1n) is 7.13. The summed E-state index contributed by atoms with van der Waals surface area (Å²) in [5, 5.41) is 9.43. The van der Waals surface area contributed by atoms with Crippen LogP contribution in [0, 0.1) is 25.2 Å². The summed E-state index contributed by atoms with van der Waals surface area (Å²) in [5.41, 5.74) is 3.12. The lowest BCUT2D eigenvalue weighted by Gasteiger charge is -2.10. The number of aromatic nitrogens is 2. The average molecular weight is 327 g/mol. The number of hydrogen-bond donors (Lipinski definition) is 0. The Bertz CT molecular complexity index is 735. The van der Waals surface area contributed by atoms with Crippen molar-refractivity contribution >= 4 is 17.7 Å². The van der Waals surface area contributed by atoms with Gasteiger partial charge in [0.15, 0.2) is 11.3 Å². The van der Waals surface area contributed by atoms with Crippen molar-refractivity contribution in [1.82, 2.24) is 9.97 Å². The maximum atomic E-state index is 12.1. The number of benzene rings is 1. The van der Waals surface area contributed by atoms with Gasteiger partial charge >= 0.3 is 5.97 Å². The minimum absolute atomic E-state index is 0.464. The molecule has 5 nitrogen and oxygen atoms in total. The highest BCUT2D eigenvalue weighted by Crippen LogP contribution is 2.23. The zero-order chi connectivity index (χ0) is 16.8. The van der Waals surface area contributed by atoms with E-state index in [1.165, 1.54) is 11.8 Å². The number of carbonyl (C=O) groups is 1. The molecule has 1 aromatic carbocycles. The second-order valence-electron chi connectivity index (χ2n) is 5.06. The number of rotatable bonds is 5. The van der Waals surface area contributed by atoms with Crippen LogP contribution in [-0.4, -0.2) is 22.0 Å². The fourth-order valence-electron chi connectivity index (χ4n) is 2.00. The van der Waals surface area contributed by atoms with Crippen molar-refractivity contribution in [2.75, 3.05) is 0 Å². The monoisotopic (exact) mass is 327 g/mol. The molecule has 0 amide bonds. The molecule has 23 heavy (non-hydrogen) atoms. The Balaban J connectivity index is 2.14. The number of carbonyl (C=O) groups excluding carboxylic acids is 1. The largest absolute Gasteiger partial charge is 0.444 e. The van der Waals surface area contributed by atoms with Crippen LogP contribution in [0.15, 0.2) is 35.5 Å². The average Bonchev–Trinajstić information content (AvgIpc) is 2.52. The summed E-state index contributed by atoms with van der Waals surface area (Å²) in [7, 11) is 0. The lowest BCUT2D eigenvalue weighted by molar-refractivity contribution is 0.0434. The number of esters is 1. The van der Waals surface area contributed by atoms with Crippen LogP contribution in [0.5, 0.6) is 0 Å². The Morgan fingerprint density at radius 1 is 1.30 bits per heavy atom. The van der Waals surface area contributed by atoms with Crippen LogP contribution in [0.3, 0.4) is 0 Å². The summed E-state index contributed by atoms with van der Waals surface area (Å²) in [6.07, 6.45) is -0.772. The van der Waals surface area contributed by atoms with E-state index in [1.807, 2.05) is 38.1 Å². The Kier molecular flexibility index (Phi) is 5.72. The van der Waals surface area contributed by atoms with Crippen molar-refractivity contribution in [3.63, 3.8) is 0 Å². The van der Waals surface area contributed by atoms with Crippen molar-refractivity contribution in [2.24, 2.45) is 0 Å². The highest BCUT2D eigenvalue weighted by molar-refractivity contribution is 7.98. The summed E-state index contributed by atoms with van der Waals surface area (Å²) >= 11 is 1.46. The number of hydrogen-bond acceptors (Lipinski definition) is 6. The maximum Gasteiger partial charge on any atom is 0.339 e. The predicted molar refractivity (Wildman–Crippen MR) is 88.0 cm³/mol. The molecular weight excluding hydrogens is 310 g/mol. The second kappa shape index (κ2) is 7.75. The molecule has 0 saturated carbocycles. The van der Waals surface area contributed by atoms with Gasteiger partial charge in [-0.25, -0.2) is 14.8 Å². The fraction of sp³-hybridized carbons (Fsp3) is 0.294. The second-order valence-corrected chi connectivity index (χ2v) is 6.00. The van der Waals surface area contributed by atoms with Gasteiger partial charge in [0.2, 0.25) is 0 Å². The van der Waals surface area contributed by atoms with Gasteiger partial charge in [0.1, 0.15) is 6.07 Å². The molecule has 118 valence electrons. The van der Waals surface area contributed by atoms with Gasteiger partial charge < -0.3 is 4.74 Å². The van der Waals surface area contributed by atoms with Gasteiger partial charge in [-0.15, -0.1) is 0 Å². The smallest absolute Gasteiger partial charge is 0.339 e. The molecule has 0 aliphatic carbocycles. The molecule has 0 aliphatic rings. The Morgan fingerprint density at radius 3 is 2.61 bits per heavy atom. The van der Waals surface area contributed by atoms with Gasteiger partial charge in [0.25, 0.3) is 0 Å². The quantitative estimate of drug-likeness (QED) is 0.475. The molecule has 1 aromatic heterocycles. The summed E-state index contributed by atoms with van der Waals surface area (Å²) in [6.45, 7) is 5.39. The summed E-state index contributed by atoms with van der Waals surface area (Å²) in [6, 6.07) is 11.0. The van der Waals surface area contributed by atoms with E-state index < -0.39 is 12.1 Å². The van der Waals surface area contributed by atoms with E-state index >= 15 is 0 Å². The standard InChI is InChI=1S/C17H17N3O2S/c1-11-8-12(2)20-17(19-11)23-10-14-6-4-5-7-15(14)16(21)22-13(3)9-18/h4-8,13H,10H2,1-3H3/t13-/m1/s1. The maximum absolute atomic E-state index is 12.1. The predicted octanol–water partition coefficient (Wildman–Crippen LogP) is 3.45. The van der Waals surface area contributed by atoms with Crippen molar-refractivity contribution in [2.45, 2.75) is 37.8 Å². The molecule has 6 heteroatoms. The van der Waals surface area contributed by atoms with Crippen LogP contribution in [0.25, 0.3) is 0 Å². The van der Waals surface area contributed by atoms with Gasteiger partial charge in [-0.1, -0.05) is 30.0 Å². The first-order chi connectivity index (χ1) is 11.0. The van der Waals surface area contributed by atoms with Gasteiger partial charge in [0, 0.05) is 17.1 Å². The number of thioether (sulfide) groups is 1. The number of nitrogens with zero attached hydrogens (tertiary/aromatic N) is 3. The topological polar surface area (TPSA) is 75.9 Å². The summed E-state index contributed by atoms with van der Waals surface area (Å²) < 4.78 is 5.08. The van der Waals surface area contributed by atoms with E-state index in [0.717, 1.165) is 17.0 Å². The molecule has 0 saturated heterocycles. The Hall–Kier alpha value is -2.39. The lowest BCUT2D eigenvalue weighted by atomic mass is 10.1. The van der Waals surface area contributed by atoms with Gasteiger partial charge in [-0.3, -0.25) is 0 Å². The molecule has 0 radical (unpaired) electrons. The van der Waals surface area contributed by atoms with Crippen molar-refractivity contribution in [3.8, 4) is 6.07 Å². The minimum Gasteiger partial charge on any atom is -0.444 e. The fourth-order valence-corrected chi connectivity index (χ4v) is 2.95. The molecule has 0 unspecified atom stereocenters. The van der Waals surface area contributed by atoms with Gasteiger partial charge in [0.05, 0.1) is 5.56 Å². The molecule has 1 atom stereocenters. The minimum atomic E-state index is -0.772. The summed E-state index contributed by atoms with van der Waals surface area (Å²) in [4.78, 5) is 20.9.